The molecule has 1 saturated heterocycles. The second-order valence-corrected chi connectivity index (χ2v) is 6.83. The predicted molar refractivity (Wildman–Crippen MR) is 79.4 cm³/mol. The molecule has 3 rings (SSSR count). The number of piperidine rings is 1. The molecule has 1 heterocycles. The van der Waals surface area contributed by atoms with E-state index in [2.05, 4.69) is 0 Å². The van der Waals surface area contributed by atoms with Crippen LogP contribution >= 0.6 is 11.6 Å². The minimum Gasteiger partial charge on any atom is -0.393 e. The first kappa shape index (κ1) is 15.0. The first-order valence-electron chi connectivity index (χ1n) is 7.74. The van der Waals surface area contributed by atoms with Crippen molar-refractivity contribution in [1.82, 2.24) is 4.90 Å². The number of carbonyl (C=O) groups is 1. The number of aliphatic hydroxyl groups excluding tert-OH is 1. The molecule has 1 unspecified atom stereocenters. The number of carbonyl (C=O) groups excluding carboxylic acids is 1. The molecule has 1 atom stereocenters. The average molecular weight is 314 g/mol. The van der Waals surface area contributed by atoms with Crippen LogP contribution < -0.4 is 0 Å². The van der Waals surface area contributed by atoms with Crippen molar-refractivity contribution in [1.29, 1.82) is 0 Å². The maximum atomic E-state index is 13.3. The van der Waals surface area contributed by atoms with E-state index in [9.17, 15) is 14.3 Å². The van der Waals surface area contributed by atoms with Crippen molar-refractivity contribution < 1.29 is 14.3 Å². The average Bonchev–Trinajstić information content (AvgIpc) is 2.46. The lowest BCUT2D eigenvalue weighted by molar-refractivity contribution is -0.147. The normalized spacial score (nSPS) is 37.5. The van der Waals surface area contributed by atoms with Gasteiger partial charge in [-0.05, 0) is 44.6 Å². The van der Waals surface area contributed by atoms with Gasteiger partial charge in [0.15, 0.2) is 0 Å². The zero-order valence-electron chi connectivity index (χ0n) is 12.0. The van der Waals surface area contributed by atoms with Crippen LogP contribution in [0.3, 0.4) is 0 Å². The summed E-state index contributed by atoms with van der Waals surface area (Å²) in [5.74, 6) is 0.107. The van der Waals surface area contributed by atoms with Crippen molar-refractivity contribution in [3.63, 3.8) is 0 Å². The van der Waals surface area contributed by atoms with Crippen molar-refractivity contribution in [3.8, 4) is 0 Å². The minimum absolute atomic E-state index is 0.107. The summed E-state index contributed by atoms with van der Waals surface area (Å²) in [5.41, 5.74) is 0.322. The van der Waals surface area contributed by atoms with Gasteiger partial charge in [0, 0.05) is 13.0 Å². The number of nitrogens with zero attached hydrogens (tertiary/aromatic N) is 1. The monoisotopic (exact) mass is 313 g/mol. The van der Waals surface area contributed by atoms with E-state index in [0.717, 1.165) is 25.7 Å². The minimum atomic E-state index is -1.06. The Morgan fingerprint density at radius 3 is 2.71 bits per heavy atom. The Bertz CT molecular complexity index is 495. The lowest BCUT2D eigenvalue weighted by Gasteiger charge is -2.45. The van der Waals surface area contributed by atoms with E-state index in [0.29, 0.717) is 30.1 Å². The van der Waals surface area contributed by atoms with Crippen LogP contribution in [0.5, 0.6) is 0 Å². The summed E-state index contributed by atoms with van der Waals surface area (Å²) >= 11 is 6.15. The van der Waals surface area contributed by atoms with Crippen LogP contribution in [-0.2, 0) is 4.79 Å². The van der Waals surface area contributed by atoms with Gasteiger partial charge in [-0.25, -0.2) is 4.39 Å². The molecule has 21 heavy (non-hydrogen) atoms. The third-order valence-corrected chi connectivity index (χ3v) is 5.37. The number of rotatable bonds is 1. The molecule has 1 aliphatic heterocycles. The fourth-order valence-electron chi connectivity index (χ4n) is 3.79. The number of allylic oxidation sites excluding steroid dienone is 3. The van der Waals surface area contributed by atoms with E-state index in [1.54, 1.807) is 11.0 Å². The Morgan fingerprint density at radius 2 is 2.05 bits per heavy atom. The van der Waals surface area contributed by atoms with Crippen molar-refractivity contribution in [2.24, 2.45) is 5.41 Å². The molecule has 1 spiro atoms. The third kappa shape index (κ3) is 2.76. The molecular formula is C16H21ClFNO2. The maximum absolute atomic E-state index is 13.3. The van der Waals surface area contributed by atoms with Crippen molar-refractivity contribution in [3.05, 3.63) is 22.9 Å². The molecule has 5 heteroatoms. The van der Waals surface area contributed by atoms with Gasteiger partial charge >= 0.3 is 0 Å². The zero-order chi connectivity index (χ0) is 15.0. The number of halogens is 2. The highest BCUT2D eigenvalue weighted by Gasteiger charge is 2.46. The smallest absolute Gasteiger partial charge is 0.233 e. The summed E-state index contributed by atoms with van der Waals surface area (Å²) in [4.78, 5) is 14.7. The fraction of sp³-hybridized carbons (Fsp3) is 0.688. The fourth-order valence-corrected chi connectivity index (χ4v) is 4.11. The summed E-state index contributed by atoms with van der Waals surface area (Å²) in [5, 5.41) is 10.0. The summed E-state index contributed by atoms with van der Waals surface area (Å²) in [6, 6.07) is 0. The van der Waals surface area contributed by atoms with Gasteiger partial charge in [-0.2, -0.15) is 0 Å². The van der Waals surface area contributed by atoms with Crippen LogP contribution in [-0.4, -0.2) is 34.7 Å². The van der Waals surface area contributed by atoms with Gasteiger partial charge in [-0.3, -0.25) is 4.79 Å². The number of aliphatic hydroxyl groups is 1. The molecular weight excluding hydrogens is 293 g/mol. The third-order valence-electron chi connectivity index (χ3n) is 5.05. The van der Waals surface area contributed by atoms with E-state index in [1.165, 1.54) is 6.08 Å². The van der Waals surface area contributed by atoms with Crippen molar-refractivity contribution >= 4 is 17.5 Å². The Labute approximate surface area is 129 Å². The molecule has 2 aliphatic carbocycles. The molecule has 0 aromatic carbocycles. The van der Waals surface area contributed by atoms with Gasteiger partial charge in [0.05, 0.1) is 22.2 Å². The van der Waals surface area contributed by atoms with Crippen LogP contribution in [0.2, 0.25) is 0 Å². The molecule has 0 radical (unpaired) electrons. The molecule has 116 valence electrons. The Kier molecular flexibility index (Phi) is 4.10. The van der Waals surface area contributed by atoms with E-state index >= 15 is 0 Å². The van der Waals surface area contributed by atoms with E-state index in [4.69, 9.17) is 11.6 Å². The highest BCUT2D eigenvalue weighted by Crippen LogP contribution is 2.46. The van der Waals surface area contributed by atoms with Crippen molar-refractivity contribution in [2.75, 3.05) is 6.54 Å². The number of amides is 1. The molecule has 3 nitrogen and oxygen atoms in total. The molecule has 3 aliphatic rings. The standard InChI is InChI=1S/C16H21ClFNO2/c17-13-10-11(18)2-3-14(13)19-9-1-6-16(15(19)21)7-4-12(20)5-8-16/h3,10-12,20H,1-2,4-9H2. The van der Waals surface area contributed by atoms with E-state index in [-0.39, 0.29) is 23.8 Å². The first-order chi connectivity index (χ1) is 10.0. The first-order valence-corrected chi connectivity index (χ1v) is 8.12. The number of likely N-dealkylation sites (tertiary alicyclic amines) is 1. The van der Waals surface area contributed by atoms with Gasteiger partial charge < -0.3 is 10.0 Å². The van der Waals surface area contributed by atoms with Gasteiger partial charge in [0.1, 0.15) is 6.17 Å². The Hall–Kier alpha value is -0.870. The summed E-state index contributed by atoms with van der Waals surface area (Å²) < 4.78 is 13.3. The maximum Gasteiger partial charge on any atom is 0.233 e. The van der Waals surface area contributed by atoms with E-state index < -0.39 is 6.17 Å². The molecule has 1 N–H and O–H groups in total. The molecule has 1 saturated carbocycles. The Balaban J connectivity index is 1.81. The summed E-state index contributed by atoms with van der Waals surface area (Å²) in [6.45, 7) is 0.649. The lowest BCUT2D eigenvalue weighted by Crippen LogP contribution is -2.50. The summed E-state index contributed by atoms with van der Waals surface area (Å²) in [7, 11) is 0. The second kappa shape index (κ2) is 5.73. The predicted octanol–water partition coefficient (Wildman–Crippen LogP) is 3.28. The van der Waals surface area contributed by atoms with Crippen molar-refractivity contribution in [2.45, 2.75) is 57.2 Å². The number of hydrogen-bond donors (Lipinski definition) is 1. The highest BCUT2D eigenvalue weighted by atomic mass is 35.5. The van der Waals surface area contributed by atoms with Crippen LogP contribution in [0.15, 0.2) is 22.9 Å². The van der Waals surface area contributed by atoms with Gasteiger partial charge in [0.2, 0.25) is 5.91 Å². The highest BCUT2D eigenvalue weighted by molar-refractivity contribution is 6.32. The SMILES string of the molecule is O=C1N(C2=CCC(F)C=C2Cl)CCCC12CCC(O)CC2. The van der Waals surface area contributed by atoms with Crippen LogP contribution in [0.4, 0.5) is 4.39 Å². The number of hydrogen-bond acceptors (Lipinski definition) is 2. The molecule has 0 bridgehead atoms. The second-order valence-electron chi connectivity index (χ2n) is 6.43. The zero-order valence-corrected chi connectivity index (χ0v) is 12.8. The Morgan fingerprint density at radius 1 is 1.33 bits per heavy atom. The van der Waals surface area contributed by atoms with E-state index in [1.807, 2.05) is 0 Å². The van der Waals surface area contributed by atoms with Crippen LogP contribution in [0, 0.1) is 5.41 Å². The topological polar surface area (TPSA) is 40.5 Å². The largest absolute Gasteiger partial charge is 0.393 e. The van der Waals surface area contributed by atoms with Crippen LogP contribution in [0.25, 0.3) is 0 Å². The van der Waals surface area contributed by atoms with Gasteiger partial charge in [-0.15, -0.1) is 0 Å². The van der Waals surface area contributed by atoms with Crippen LogP contribution in [0.1, 0.15) is 44.9 Å². The molecule has 1 amide bonds. The van der Waals surface area contributed by atoms with Gasteiger partial charge in [-0.1, -0.05) is 17.7 Å². The molecule has 0 aromatic rings. The quantitative estimate of drug-likeness (QED) is 0.807. The lowest BCUT2D eigenvalue weighted by atomic mass is 9.67. The van der Waals surface area contributed by atoms with Gasteiger partial charge in [0.25, 0.3) is 0 Å². The molecule has 0 aromatic heterocycles. The summed E-state index contributed by atoms with van der Waals surface area (Å²) in [6.07, 6.45) is 6.75. The molecule has 2 fully saturated rings. The number of alkyl halides is 1.